The average Bonchev–Trinajstić information content (AvgIpc) is 3.38. The second kappa shape index (κ2) is 11.7. The number of ether oxygens (including phenoxy) is 1. The van der Waals surface area contributed by atoms with E-state index in [1.165, 1.54) is 29.6 Å². The highest BCUT2D eigenvalue weighted by Crippen LogP contribution is 2.36. The van der Waals surface area contributed by atoms with E-state index in [1.807, 2.05) is 36.4 Å². The Hall–Kier alpha value is -3.52. The van der Waals surface area contributed by atoms with Crippen LogP contribution in [0.1, 0.15) is 27.5 Å². The van der Waals surface area contributed by atoms with E-state index < -0.39 is 0 Å². The molecule has 1 aliphatic rings. The van der Waals surface area contributed by atoms with E-state index in [2.05, 4.69) is 75.8 Å². The predicted octanol–water partition coefficient (Wildman–Crippen LogP) is 6.31. The lowest BCUT2D eigenvalue weighted by atomic mass is 9.96. The summed E-state index contributed by atoms with van der Waals surface area (Å²) in [6.45, 7) is 3.35. The first-order chi connectivity index (χ1) is 18.1. The van der Waals surface area contributed by atoms with Crippen LogP contribution in [0.4, 0.5) is 5.00 Å². The van der Waals surface area contributed by atoms with Gasteiger partial charge in [-0.2, -0.15) is 0 Å². The Morgan fingerprint density at radius 2 is 1.41 bits per heavy atom. The summed E-state index contributed by atoms with van der Waals surface area (Å²) in [5.74, 6) is -0.373. The molecule has 1 fully saturated rings. The van der Waals surface area contributed by atoms with Crippen molar-refractivity contribution in [2.75, 3.05) is 38.6 Å². The molecule has 0 amide bonds. The van der Waals surface area contributed by atoms with Crippen LogP contribution in [0.2, 0.25) is 0 Å². The van der Waals surface area contributed by atoms with Gasteiger partial charge in [0, 0.05) is 31.1 Å². The van der Waals surface area contributed by atoms with E-state index in [-0.39, 0.29) is 12.0 Å². The maximum absolute atomic E-state index is 12.5. The van der Waals surface area contributed by atoms with Crippen molar-refractivity contribution in [1.29, 1.82) is 0 Å². The third-order valence-electron chi connectivity index (χ3n) is 6.61. The molecule has 37 heavy (non-hydrogen) atoms. The Kier molecular flexibility index (Phi) is 7.94. The van der Waals surface area contributed by atoms with Crippen molar-refractivity contribution >= 4 is 39.6 Å². The number of rotatable bonds is 6. The van der Waals surface area contributed by atoms with Crippen LogP contribution in [0, 0.1) is 0 Å². The molecule has 1 saturated heterocycles. The molecule has 3 aromatic carbocycles. The maximum atomic E-state index is 12.5. The lowest BCUT2D eigenvalue weighted by Crippen LogP contribution is -2.51. The number of hydrogen-bond donors (Lipinski definition) is 1. The van der Waals surface area contributed by atoms with Crippen molar-refractivity contribution in [3.8, 4) is 10.4 Å². The van der Waals surface area contributed by atoms with Crippen LogP contribution in [-0.4, -0.2) is 54.2 Å². The van der Waals surface area contributed by atoms with Crippen LogP contribution >= 0.6 is 23.6 Å². The molecule has 0 spiro atoms. The number of esters is 1. The number of carbonyl (C=O) groups excluding carboxylic acids is 1. The fourth-order valence-corrected chi connectivity index (χ4v) is 6.13. The van der Waals surface area contributed by atoms with Crippen molar-refractivity contribution < 1.29 is 9.53 Å². The lowest BCUT2D eigenvalue weighted by molar-refractivity contribution is 0.0602. The van der Waals surface area contributed by atoms with Gasteiger partial charge in [0.2, 0.25) is 0 Å². The van der Waals surface area contributed by atoms with Crippen molar-refractivity contribution in [3.05, 3.63) is 114 Å². The highest BCUT2D eigenvalue weighted by Gasteiger charge is 2.28. The molecule has 7 heteroatoms. The minimum absolute atomic E-state index is 0.197. The molecule has 5 rings (SSSR count). The van der Waals surface area contributed by atoms with Gasteiger partial charge in [0.05, 0.1) is 18.7 Å². The number of carbonyl (C=O) groups is 1. The molecule has 0 bridgehead atoms. The molecule has 5 nitrogen and oxygen atoms in total. The molecule has 0 radical (unpaired) electrons. The van der Waals surface area contributed by atoms with Crippen molar-refractivity contribution in [1.82, 2.24) is 9.80 Å². The van der Waals surface area contributed by atoms with Gasteiger partial charge in [-0.15, -0.1) is 11.3 Å². The van der Waals surface area contributed by atoms with Crippen molar-refractivity contribution in [2.24, 2.45) is 0 Å². The Morgan fingerprint density at radius 3 is 1.95 bits per heavy atom. The van der Waals surface area contributed by atoms with E-state index in [0.29, 0.717) is 15.7 Å². The fourth-order valence-electron chi connectivity index (χ4n) is 4.73. The fraction of sp³-hybridized carbons (Fsp3) is 0.200. The Balaban J connectivity index is 1.30. The van der Waals surface area contributed by atoms with Crippen LogP contribution in [-0.2, 0) is 4.74 Å². The summed E-state index contributed by atoms with van der Waals surface area (Å²) in [4.78, 5) is 18.2. The average molecular weight is 528 g/mol. The molecule has 0 atom stereocenters. The number of nitrogens with one attached hydrogen (secondary N) is 1. The number of nitrogens with zero attached hydrogens (tertiary/aromatic N) is 2. The van der Waals surface area contributed by atoms with Crippen LogP contribution in [0.5, 0.6) is 0 Å². The zero-order valence-corrected chi connectivity index (χ0v) is 22.3. The molecule has 0 aliphatic carbocycles. The minimum Gasteiger partial charge on any atom is -0.465 e. The summed E-state index contributed by atoms with van der Waals surface area (Å²) in [5, 5.41) is 4.69. The number of thiocarbonyl (C=S) groups is 1. The number of thiophene rings is 1. The first-order valence-corrected chi connectivity index (χ1v) is 13.5. The summed E-state index contributed by atoms with van der Waals surface area (Å²) < 4.78 is 5.04. The number of hydrogen-bond acceptors (Lipinski definition) is 5. The Morgan fingerprint density at radius 1 is 0.865 bits per heavy atom. The zero-order chi connectivity index (χ0) is 25.6. The molecule has 1 N–H and O–H groups in total. The Labute approximate surface area is 227 Å². The quantitative estimate of drug-likeness (QED) is 0.234. The van der Waals surface area contributed by atoms with E-state index in [9.17, 15) is 4.79 Å². The highest BCUT2D eigenvalue weighted by atomic mass is 32.1. The lowest BCUT2D eigenvalue weighted by Gasteiger charge is -2.40. The van der Waals surface area contributed by atoms with Gasteiger partial charge in [-0.25, -0.2) is 4.79 Å². The number of benzene rings is 3. The SMILES string of the molecule is COC(=O)c1cc(-c2ccccc2)sc1NC(=S)N1CCN(C(c2ccccc2)c2ccccc2)CC1. The van der Waals surface area contributed by atoms with Crippen LogP contribution in [0.3, 0.4) is 0 Å². The van der Waals surface area contributed by atoms with E-state index >= 15 is 0 Å². The monoisotopic (exact) mass is 527 g/mol. The van der Waals surface area contributed by atoms with Gasteiger partial charge >= 0.3 is 5.97 Å². The summed E-state index contributed by atoms with van der Waals surface area (Å²) in [6.07, 6.45) is 0. The highest BCUT2D eigenvalue weighted by molar-refractivity contribution is 7.80. The van der Waals surface area contributed by atoms with Gasteiger partial charge in [-0.3, -0.25) is 4.90 Å². The van der Waals surface area contributed by atoms with Gasteiger partial charge in [0.15, 0.2) is 5.11 Å². The molecule has 1 aliphatic heterocycles. The number of piperazine rings is 1. The summed E-state index contributed by atoms with van der Waals surface area (Å²) in [6, 6.07) is 33.4. The topological polar surface area (TPSA) is 44.8 Å². The molecular weight excluding hydrogens is 498 g/mol. The van der Waals surface area contributed by atoms with Crippen LogP contribution < -0.4 is 5.32 Å². The normalized spacial score (nSPS) is 13.9. The first kappa shape index (κ1) is 25.1. The van der Waals surface area contributed by atoms with Gasteiger partial charge < -0.3 is 15.0 Å². The molecule has 0 unspecified atom stereocenters. The van der Waals surface area contributed by atoms with E-state index in [0.717, 1.165) is 36.6 Å². The molecule has 2 heterocycles. The summed E-state index contributed by atoms with van der Waals surface area (Å²) >= 11 is 7.32. The smallest absolute Gasteiger partial charge is 0.340 e. The molecular formula is C30H29N3O2S2. The summed E-state index contributed by atoms with van der Waals surface area (Å²) in [5.41, 5.74) is 4.13. The van der Waals surface area contributed by atoms with Crippen LogP contribution in [0.25, 0.3) is 10.4 Å². The molecule has 4 aromatic rings. The molecule has 0 saturated carbocycles. The van der Waals surface area contributed by atoms with Crippen LogP contribution in [0.15, 0.2) is 97.1 Å². The van der Waals surface area contributed by atoms with E-state index in [1.54, 1.807) is 0 Å². The van der Waals surface area contributed by atoms with Gasteiger partial charge in [-0.1, -0.05) is 91.0 Å². The van der Waals surface area contributed by atoms with E-state index in [4.69, 9.17) is 17.0 Å². The predicted molar refractivity (Wildman–Crippen MR) is 155 cm³/mol. The van der Waals surface area contributed by atoms with Gasteiger partial charge in [0.25, 0.3) is 0 Å². The summed E-state index contributed by atoms with van der Waals surface area (Å²) in [7, 11) is 1.40. The third kappa shape index (κ3) is 5.74. The maximum Gasteiger partial charge on any atom is 0.340 e. The van der Waals surface area contributed by atoms with Crippen molar-refractivity contribution in [3.63, 3.8) is 0 Å². The van der Waals surface area contributed by atoms with Gasteiger partial charge in [0.1, 0.15) is 5.00 Å². The standard InChI is InChI=1S/C30H29N3O2S2/c1-35-29(34)25-21-26(22-11-5-2-6-12-22)37-28(25)31-30(36)33-19-17-32(18-20-33)27(23-13-7-3-8-14-23)24-15-9-4-10-16-24/h2-16,21,27H,17-20H2,1H3,(H,31,36). The van der Waals surface area contributed by atoms with Gasteiger partial charge in [-0.05, 0) is 35.0 Å². The minimum atomic E-state index is -0.373. The third-order valence-corrected chi connectivity index (χ3v) is 8.07. The molecule has 188 valence electrons. The Bertz CT molecular complexity index is 1300. The number of methoxy groups -OCH3 is 1. The number of anilines is 1. The molecule has 1 aromatic heterocycles. The van der Waals surface area contributed by atoms with Crippen molar-refractivity contribution in [2.45, 2.75) is 6.04 Å². The second-order valence-corrected chi connectivity index (χ2v) is 10.3. The zero-order valence-electron chi connectivity index (χ0n) is 20.7. The second-order valence-electron chi connectivity index (χ2n) is 8.89. The largest absolute Gasteiger partial charge is 0.465 e. The first-order valence-electron chi connectivity index (χ1n) is 12.3.